The average molecular weight is 258 g/mol. The highest BCUT2D eigenvalue weighted by molar-refractivity contribution is 8.02. The summed E-state index contributed by atoms with van der Waals surface area (Å²) in [5, 5.41) is 1.71. The van der Waals surface area contributed by atoms with Crippen molar-refractivity contribution < 1.29 is 19.1 Å². The molecule has 0 amide bonds. The minimum absolute atomic E-state index is 0.328. The molecule has 5 heteroatoms. The molecule has 4 nitrogen and oxygen atoms in total. The first-order valence-electron chi connectivity index (χ1n) is 5.57. The van der Waals surface area contributed by atoms with Gasteiger partial charge in [0.15, 0.2) is 0 Å². The van der Waals surface area contributed by atoms with Crippen molar-refractivity contribution in [1.82, 2.24) is 0 Å². The summed E-state index contributed by atoms with van der Waals surface area (Å²) >= 11 is 1.46. The summed E-state index contributed by atoms with van der Waals surface area (Å²) in [6.07, 6.45) is 0. The number of carbonyl (C=O) groups is 2. The Kier molecular flexibility index (Phi) is 4.62. The second kappa shape index (κ2) is 5.58. The van der Waals surface area contributed by atoms with E-state index in [1.807, 2.05) is 0 Å². The summed E-state index contributed by atoms with van der Waals surface area (Å²) in [6.45, 7) is 7.41. The smallest absolute Gasteiger partial charge is 0.317 e. The van der Waals surface area contributed by atoms with Crippen LogP contribution in [-0.4, -0.2) is 24.3 Å². The molecule has 0 aromatic rings. The van der Waals surface area contributed by atoms with Crippen LogP contribution in [0.4, 0.5) is 0 Å². The molecule has 0 aromatic heterocycles. The van der Waals surface area contributed by atoms with E-state index in [4.69, 9.17) is 9.47 Å². The van der Waals surface area contributed by atoms with Gasteiger partial charge in [0, 0.05) is 11.2 Å². The van der Waals surface area contributed by atoms with Gasteiger partial charge in [0.2, 0.25) is 0 Å². The number of thioether (sulfide) groups is 1. The predicted octanol–water partition coefficient (Wildman–Crippen LogP) is 2.34. The Labute approximate surface area is 106 Å². The van der Waals surface area contributed by atoms with E-state index < -0.39 is 11.3 Å². The maximum Gasteiger partial charge on any atom is 0.317 e. The number of ether oxygens (including phenoxy) is 2. The van der Waals surface area contributed by atoms with Crippen molar-refractivity contribution in [3.63, 3.8) is 0 Å². The van der Waals surface area contributed by atoms with Gasteiger partial charge < -0.3 is 9.47 Å². The van der Waals surface area contributed by atoms with Gasteiger partial charge in [-0.05, 0) is 27.7 Å². The highest BCUT2D eigenvalue weighted by atomic mass is 32.2. The highest BCUT2D eigenvalue weighted by Crippen LogP contribution is 2.32. The lowest BCUT2D eigenvalue weighted by Crippen LogP contribution is -2.27. The van der Waals surface area contributed by atoms with Crippen molar-refractivity contribution in [1.29, 1.82) is 0 Å². The van der Waals surface area contributed by atoms with E-state index in [-0.39, 0.29) is 11.9 Å². The third-order valence-electron chi connectivity index (χ3n) is 2.20. The number of rotatable bonds is 3. The third-order valence-corrected chi connectivity index (χ3v) is 3.12. The molecular weight excluding hydrogens is 240 g/mol. The molecule has 1 aliphatic rings. The van der Waals surface area contributed by atoms with Crippen molar-refractivity contribution >= 4 is 23.7 Å². The van der Waals surface area contributed by atoms with Crippen LogP contribution in [0.15, 0.2) is 11.2 Å². The van der Waals surface area contributed by atoms with E-state index >= 15 is 0 Å². The van der Waals surface area contributed by atoms with Crippen LogP contribution in [-0.2, 0) is 19.1 Å². The van der Waals surface area contributed by atoms with Crippen LogP contribution in [0, 0.1) is 11.3 Å². The summed E-state index contributed by atoms with van der Waals surface area (Å²) < 4.78 is 10.2. The molecule has 0 N–H and O–H groups in total. The van der Waals surface area contributed by atoms with Gasteiger partial charge >= 0.3 is 11.9 Å². The van der Waals surface area contributed by atoms with Crippen LogP contribution in [0.3, 0.4) is 0 Å². The number of carbonyl (C=O) groups excluding carboxylic acids is 2. The van der Waals surface area contributed by atoms with Gasteiger partial charge in [-0.25, -0.2) is 0 Å². The first-order chi connectivity index (χ1) is 7.86. The molecule has 0 aromatic carbocycles. The summed E-state index contributed by atoms with van der Waals surface area (Å²) in [5.41, 5.74) is -0.576. The normalized spacial score (nSPS) is 19.8. The summed E-state index contributed by atoms with van der Waals surface area (Å²) in [5.74, 6) is -0.128. The molecule has 0 aliphatic carbocycles. The maximum atomic E-state index is 11.7. The molecule has 0 saturated carbocycles. The van der Waals surface area contributed by atoms with Gasteiger partial charge in [-0.15, -0.1) is 11.8 Å². The van der Waals surface area contributed by atoms with Gasteiger partial charge in [-0.1, -0.05) is 0 Å². The van der Waals surface area contributed by atoms with Gasteiger partial charge in [-0.3, -0.25) is 9.59 Å². The molecule has 1 heterocycles. The van der Waals surface area contributed by atoms with E-state index in [2.05, 4.69) is 0 Å². The van der Waals surface area contributed by atoms with Gasteiger partial charge in [-0.2, -0.15) is 0 Å². The van der Waals surface area contributed by atoms with Crippen LogP contribution in [0.1, 0.15) is 27.7 Å². The monoisotopic (exact) mass is 258 g/mol. The van der Waals surface area contributed by atoms with Crippen LogP contribution in [0.25, 0.3) is 0 Å². The molecule has 0 spiro atoms. The van der Waals surface area contributed by atoms with Gasteiger partial charge in [0.1, 0.15) is 11.7 Å². The lowest BCUT2D eigenvalue weighted by Gasteiger charge is -2.19. The molecule has 1 unspecified atom stereocenters. The molecule has 0 bridgehead atoms. The van der Waals surface area contributed by atoms with Crippen molar-refractivity contribution in [2.75, 3.05) is 12.4 Å². The largest absolute Gasteiger partial charge is 0.465 e. The quantitative estimate of drug-likeness (QED) is 0.727. The van der Waals surface area contributed by atoms with Crippen molar-refractivity contribution in [2.24, 2.45) is 11.3 Å². The second-order valence-electron chi connectivity index (χ2n) is 4.80. The van der Waals surface area contributed by atoms with Crippen molar-refractivity contribution in [3.05, 3.63) is 11.2 Å². The molecule has 17 heavy (non-hydrogen) atoms. The molecule has 0 fully saturated rings. The average Bonchev–Trinajstić information content (AvgIpc) is 2.64. The zero-order valence-electron chi connectivity index (χ0n) is 10.6. The minimum Gasteiger partial charge on any atom is -0.465 e. The van der Waals surface area contributed by atoms with E-state index in [1.54, 1.807) is 33.1 Å². The fraction of sp³-hybridized carbons (Fsp3) is 0.667. The minimum atomic E-state index is -0.576. The Morgan fingerprint density at radius 3 is 2.65 bits per heavy atom. The van der Waals surface area contributed by atoms with Crippen molar-refractivity contribution in [2.45, 2.75) is 27.7 Å². The summed E-state index contributed by atoms with van der Waals surface area (Å²) in [7, 11) is 0. The molecule has 0 saturated heterocycles. The lowest BCUT2D eigenvalue weighted by atomic mass is 9.97. The first kappa shape index (κ1) is 14.1. The van der Waals surface area contributed by atoms with Crippen molar-refractivity contribution in [3.8, 4) is 0 Å². The van der Waals surface area contributed by atoms with E-state index in [0.29, 0.717) is 18.1 Å². The number of hydrogen-bond donors (Lipinski definition) is 0. The van der Waals surface area contributed by atoms with Crippen LogP contribution in [0.5, 0.6) is 0 Å². The van der Waals surface area contributed by atoms with Gasteiger partial charge in [0.05, 0.1) is 12.0 Å². The standard InChI is InChI=1S/C12H18O4S/c1-5-15-10(13)8-6-17-7-9(8)16-11(14)12(2,3)4/h7-8H,5-6H2,1-4H3. The third kappa shape index (κ3) is 3.77. The number of esters is 2. The van der Waals surface area contributed by atoms with Gasteiger partial charge in [0.25, 0.3) is 0 Å². The molecule has 1 atom stereocenters. The van der Waals surface area contributed by atoms with Crippen LogP contribution < -0.4 is 0 Å². The molecule has 96 valence electrons. The van der Waals surface area contributed by atoms with E-state index in [0.717, 1.165) is 0 Å². The van der Waals surface area contributed by atoms with E-state index in [1.165, 1.54) is 11.8 Å². The Morgan fingerprint density at radius 1 is 1.47 bits per heavy atom. The topological polar surface area (TPSA) is 52.6 Å². The summed E-state index contributed by atoms with van der Waals surface area (Å²) in [6, 6.07) is 0. The second-order valence-corrected chi connectivity index (χ2v) is 5.70. The highest BCUT2D eigenvalue weighted by Gasteiger charge is 2.34. The molecular formula is C12H18O4S. The molecule has 1 aliphatic heterocycles. The zero-order valence-corrected chi connectivity index (χ0v) is 11.4. The lowest BCUT2D eigenvalue weighted by molar-refractivity contribution is -0.152. The summed E-state index contributed by atoms with van der Waals surface area (Å²) in [4.78, 5) is 23.3. The van der Waals surface area contributed by atoms with Crippen LogP contribution in [0.2, 0.25) is 0 Å². The van der Waals surface area contributed by atoms with E-state index in [9.17, 15) is 9.59 Å². The Balaban J connectivity index is 2.65. The fourth-order valence-electron chi connectivity index (χ4n) is 1.17. The number of hydrogen-bond acceptors (Lipinski definition) is 5. The molecule has 1 rings (SSSR count). The fourth-order valence-corrected chi connectivity index (χ4v) is 2.14. The first-order valence-corrected chi connectivity index (χ1v) is 6.61. The Morgan fingerprint density at radius 2 is 2.12 bits per heavy atom. The SMILES string of the molecule is CCOC(=O)C1CSC=C1OC(=O)C(C)(C)C. The maximum absolute atomic E-state index is 11.7. The van der Waals surface area contributed by atoms with Crippen LogP contribution >= 0.6 is 11.8 Å². The zero-order chi connectivity index (χ0) is 13.1. The predicted molar refractivity (Wildman–Crippen MR) is 66.2 cm³/mol. The Bertz CT molecular complexity index is 341. The molecule has 0 radical (unpaired) electrons. The Hall–Kier alpha value is -0.970.